The molecular weight excluding hydrogens is 228 g/mol. The third-order valence-electron chi connectivity index (χ3n) is 3.14. The largest absolute Gasteiger partial charge is 0.399 e. The van der Waals surface area contributed by atoms with Crippen LogP contribution in [-0.4, -0.2) is 7.05 Å². The van der Waals surface area contributed by atoms with Crippen molar-refractivity contribution in [2.24, 2.45) is 0 Å². The van der Waals surface area contributed by atoms with Crippen molar-refractivity contribution in [2.45, 2.75) is 19.9 Å². The van der Waals surface area contributed by atoms with Crippen molar-refractivity contribution in [3.8, 4) is 0 Å². The standard InChI is InChI=1S/C14H18N2S/c1-10-9-12(15)6-7-13(10)16(3)11(2)14-5-4-8-17-14/h4-9,11H,15H2,1-3H3. The summed E-state index contributed by atoms with van der Waals surface area (Å²) in [5.41, 5.74) is 9.06. The van der Waals surface area contributed by atoms with Crippen LogP contribution in [0.15, 0.2) is 35.7 Å². The molecular formula is C14H18N2S. The number of hydrogen-bond acceptors (Lipinski definition) is 3. The topological polar surface area (TPSA) is 29.3 Å². The minimum absolute atomic E-state index is 0.386. The zero-order valence-corrected chi connectivity index (χ0v) is 11.3. The first-order valence-corrected chi connectivity index (χ1v) is 6.60. The van der Waals surface area contributed by atoms with Gasteiger partial charge in [0.25, 0.3) is 0 Å². The molecule has 1 heterocycles. The molecule has 0 spiro atoms. The van der Waals surface area contributed by atoms with Crippen molar-refractivity contribution >= 4 is 22.7 Å². The lowest BCUT2D eigenvalue weighted by atomic mass is 10.1. The fourth-order valence-corrected chi connectivity index (χ4v) is 2.83. The molecule has 0 aliphatic rings. The van der Waals surface area contributed by atoms with Gasteiger partial charge in [-0.1, -0.05) is 6.07 Å². The van der Waals surface area contributed by atoms with E-state index in [1.165, 1.54) is 16.1 Å². The summed E-state index contributed by atoms with van der Waals surface area (Å²) < 4.78 is 0. The van der Waals surface area contributed by atoms with E-state index >= 15 is 0 Å². The second kappa shape index (κ2) is 4.80. The Morgan fingerprint density at radius 3 is 2.65 bits per heavy atom. The van der Waals surface area contributed by atoms with E-state index in [9.17, 15) is 0 Å². The number of nitrogens with zero attached hydrogens (tertiary/aromatic N) is 1. The van der Waals surface area contributed by atoms with E-state index in [0.29, 0.717) is 6.04 Å². The first-order chi connectivity index (χ1) is 8.09. The van der Waals surface area contributed by atoms with Gasteiger partial charge in [-0.25, -0.2) is 0 Å². The smallest absolute Gasteiger partial charge is 0.0603 e. The first kappa shape index (κ1) is 12.0. The Balaban J connectivity index is 2.28. The number of hydrogen-bond donors (Lipinski definition) is 1. The molecule has 0 aliphatic heterocycles. The average molecular weight is 246 g/mol. The molecule has 0 saturated heterocycles. The predicted molar refractivity (Wildman–Crippen MR) is 76.7 cm³/mol. The summed E-state index contributed by atoms with van der Waals surface area (Å²) in [5.74, 6) is 0. The average Bonchev–Trinajstić information content (AvgIpc) is 2.80. The Morgan fingerprint density at radius 1 is 1.29 bits per heavy atom. The molecule has 0 amide bonds. The molecule has 90 valence electrons. The van der Waals surface area contributed by atoms with Crippen LogP contribution >= 0.6 is 11.3 Å². The van der Waals surface area contributed by atoms with Crippen molar-refractivity contribution in [1.29, 1.82) is 0 Å². The molecule has 1 atom stereocenters. The lowest BCUT2D eigenvalue weighted by molar-refractivity contribution is 0.752. The molecule has 1 unspecified atom stereocenters. The molecule has 3 heteroatoms. The van der Waals surface area contributed by atoms with Crippen molar-refractivity contribution < 1.29 is 0 Å². The summed E-state index contributed by atoms with van der Waals surface area (Å²) >= 11 is 1.80. The third-order valence-corrected chi connectivity index (χ3v) is 4.18. The second-order valence-corrected chi connectivity index (χ2v) is 5.33. The van der Waals surface area contributed by atoms with Crippen LogP contribution in [0.25, 0.3) is 0 Å². The van der Waals surface area contributed by atoms with Crippen LogP contribution in [0, 0.1) is 6.92 Å². The third kappa shape index (κ3) is 2.44. The maximum absolute atomic E-state index is 5.78. The lowest BCUT2D eigenvalue weighted by Gasteiger charge is -2.28. The van der Waals surface area contributed by atoms with Crippen molar-refractivity contribution in [3.63, 3.8) is 0 Å². The van der Waals surface area contributed by atoms with Gasteiger partial charge in [0.2, 0.25) is 0 Å². The van der Waals surface area contributed by atoms with Gasteiger partial charge in [0.1, 0.15) is 0 Å². The van der Waals surface area contributed by atoms with Crippen LogP contribution in [0.2, 0.25) is 0 Å². The van der Waals surface area contributed by atoms with Crippen LogP contribution in [0.4, 0.5) is 11.4 Å². The molecule has 0 saturated carbocycles. The zero-order chi connectivity index (χ0) is 12.4. The number of nitrogens with two attached hydrogens (primary N) is 1. The molecule has 0 radical (unpaired) electrons. The van der Waals surface area contributed by atoms with Crippen LogP contribution in [0.3, 0.4) is 0 Å². The summed E-state index contributed by atoms with van der Waals surface area (Å²) in [6.07, 6.45) is 0. The maximum Gasteiger partial charge on any atom is 0.0603 e. The maximum atomic E-state index is 5.78. The Labute approximate surface area is 107 Å². The lowest BCUT2D eigenvalue weighted by Crippen LogP contribution is -2.21. The number of aryl methyl sites for hydroxylation is 1. The quantitative estimate of drug-likeness (QED) is 0.834. The second-order valence-electron chi connectivity index (χ2n) is 4.35. The Hall–Kier alpha value is -1.48. The molecule has 1 aromatic heterocycles. The van der Waals surface area contributed by atoms with Gasteiger partial charge >= 0.3 is 0 Å². The summed E-state index contributed by atoms with van der Waals surface area (Å²) in [7, 11) is 2.13. The molecule has 2 N–H and O–H groups in total. The summed E-state index contributed by atoms with van der Waals surface area (Å²) in [6, 6.07) is 10.7. The SMILES string of the molecule is Cc1cc(N)ccc1N(C)C(C)c1cccs1. The highest BCUT2D eigenvalue weighted by Crippen LogP contribution is 2.30. The first-order valence-electron chi connectivity index (χ1n) is 5.72. The van der Waals surface area contributed by atoms with E-state index in [2.05, 4.69) is 49.4 Å². The molecule has 0 bridgehead atoms. The molecule has 1 aromatic carbocycles. The van der Waals surface area contributed by atoms with Gasteiger partial charge in [0, 0.05) is 23.3 Å². The highest BCUT2D eigenvalue weighted by atomic mass is 32.1. The summed E-state index contributed by atoms with van der Waals surface area (Å²) in [4.78, 5) is 3.67. The number of thiophene rings is 1. The molecule has 2 nitrogen and oxygen atoms in total. The predicted octanol–water partition coefficient (Wildman–Crippen LogP) is 3.84. The minimum Gasteiger partial charge on any atom is -0.399 e. The van der Waals surface area contributed by atoms with E-state index in [0.717, 1.165) is 5.69 Å². The highest BCUT2D eigenvalue weighted by Gasteiger charge is 2.14. The minimum atomic E-state index is 0.386. The van der Waals surface area contributed by atoms with Crippen LogP contribution in [-0.2, 0) is 0 Å². The fraction of sp³-hybridized carbons (Fsp3) is 0.286. The number of benzene rings is 1. The number of rotatable bonds is 3. The molecule has 17 heavy (non-hydrogen) atoms. The van der Waals surface area contributed by atoms with Crippen molar-refractivity contribution in [2.75, 3.05) is 17.7 Å². The van der Waals surface area contributed by atoms with Gasteiger partial charge in [-0.3, -0.25) is 0 Å². The van der Waals surface area contributed by atoms with Gasteiger partial charge in [0.05, 0.1) is 6.04 Å². The Morgan fingerprint density at radius 2 is 2.06 bits per heavy atom. The van der Waals surface area contributed by atoms with Crippen molar-refractivity contribution in [3.05, 3.63) is 46.2 Å². The Kier molecular flexibility index (Phi) is 3.38. The number of anilines is 2. The van der Waals surface area contributed by atoms with E-state index in [4.69, 9.17) is 5.73 Å². The normalized spacial score (nSPS) is 12.4. The van der Waals surface area contributed by atoms with Crippen LogP contribution in [0.5, 0.6) is 0 Å². The fourth-order valence-electron chi connectivity index (χ4n) is 2.00. The van der Waals surface area contributed by atoms with E-state index in [1.807, 2.05) is 12.1 Å². The van der Waals surface area contributed by atoms with Crippen LogP contribution < -0.4 is 10.6 Å². The zero-order valence-electron chi connectivity index (χ0n) is 10.5. The molecule has 0 fully saturated rings. The van der Waals surface area contributed by atoms with Gasteiger partial charge in [0.15, 0.2) is 0 Å². The van der Waals surface area contributed by atoms with Gasteiger partial charge in [-0.05, 0) is 49.1 Å². The summed E-state index contributed by atoms with van der Waals surface area (Å²) in [6.45, 7) is 4.32. The van der Waals surface area contributed by atoms with Gasteiger partial charge < -0.3 is 10.6 Å². The highest BCUT2D eigenvalue weighted by molar-refractivity contribution is 7.10. The molecule has 2 rings (SSSR count). The van der Waals surface area contributed by atoms with E-state index in [-0.39, 0.29) is 0 Å². The monoisotopic (exact) mass is 246 g/mol. The molecule has 0 aliphatic carbocycles. The molecule has 2 aromatic rings. The Bertz CT molecular complexity index is 491. The summed E-state index contributed by atoms with van der Waals surface area (Å²) in [5, 5.41) is 2.12. The van der Waals surface area contributed by atoms with E-state index in [1.54, 1.807) is 11.3 Å². The van der Waals surface area contributed by atoms with Gasteiger partial charge in [-0.15, -0.1) is 11.3 Å². The van der Waals surface area contributed by atoms with Crippen molar-refractivity contribution in [1.82, 2.24) is 0 Å². The number of nitrogen functional groups attached to an aromatic ring is 1. The van der Waals surface area contributed by atoms with E-state index < -0.39 is 0 Å². The van der Waals surface area contributed by atoms with Crippen LogP contribution in [0.1, 0.15) is 23.4 Å². The van der Waals surface area contributed by atoms with Gasteiger partial charge in [-0.2, -0.15) is 0 Å².